The van der Waals surface area contributed by atoms with Gasteiger partial charge in [-0.15, -0.1) is 0 Å². The maximum atomic E-state index is 14.0. The summed E-state index contributed by atoms with van der Waals surface area (Å²) in [5.74, 6) is -1.27. The first kappa shape index (κ1) is 29.3. The number of aromatic hydroxyl groups is 1. The predicted octanol–water partition coefficient (Wildman–Crippen LogP) is 4.52. The van der Waals surface area contributed by atoms with Crippen LogP contribution in [0.1, 0.15) is 87.8 Å². The molecular formula is C26H43N3O5. The van der Waals surface area contributed by atoms with Crippen molar-refractivity contribution < 1.29 is 24.2 Å². The standard InChI is InChI=1S/C26H43N3O5/c1-16(2)19(27-23(33)34-26(9,10)11)22(32)29(25(6,7)8)20(21(31)28-24(3,4)5)17-14-12-13-15-18(17)30/h12-16,19-20,30H,1-11H3,(H,27,33)(H,28,31). The van der Waals surface area contributed by atoms with Crippen LogP contribution in [0.2, 0.25) is 0 Å². The number of carbonyl (C=O) groups is 3. The van der Waals surface area contributed by atoms with Gasteiger partial charge in [-0.1, -0.05) is 32.0 Å². The number of para-hydroxylation sites is 1. The number of phenolic OH excluding ortho intramolecular Hbond substituents is 1. The minimum absolute atomic E-state index is 0.0974. The van der Waals surface area contributed by atoms with Gasteiger partial charge >= 0.3 is 6.09 Å². The van der Waals surface area contributed by atoms with E-state index in [4.69, 9.17) is 4.74 Å². The molecule has 0 fully saturated rings. The van der Waals surface area contributed by atoms with Crippen molar-refractivity contribution in [3.63, 3.8) is 0 Å². The Morgan fingerprint density at radius 2 is 1.47 bits per heavy atom. The highest BCUT2D eigenvalue weighted by molar-refractivity contribution is 5.93. The predicted molar refractivity (Wildman–Crippen MR) is 133 cm³/mol. The lowest BCUT2D eigenvalue weighted by Crippen LogP contribution is -2.60. The highest BCUT2D eigenvalue weighted by Gasteiger charge is 2.44. The lowest BCUT2D eigenvalue weighted by Gasteiger charge is -2.44. The Kier molecular flexibility index (Phi) is 9.17. The van der Waals surface area contributed by atoms with Gasteiger partial charge in [0.25, 0.3) is 0 Å². The fraction of sp³-hybridized carbons (Fsp3) is 0.654. The number of carbonyl (C=O) groups excluding carboxylic acids is 3. The molecule has 0 bridgehead atoms. The van der Waals surface area contributed by atoms with E-state index in [0.29, 0.717) is 5.56 Å². The van der Waals surface area contributed by atoms with Crippen LogP contribution in [0, 0.1) is 5.92 Å². The van der Waals surface area contributed by atoms with Crippen molar-refractivity contribution in [1.29, 1.82) is 0 Å². The van der Waals surface area contributed by atoms with E-state index in [1.165, 1.54) is 11.0 Å². The van der Waals surface area contributed by atoms with Crippen LogP contribution in [0.3, 0.4) is 0 Å². The third-order valence-corrected chi connectivity index (χ3v) is 4.80. The summed E-state index contributed by atoms with van der Waals surface area (Å²) in [4.78, 5) is 41.6. The number of hydrogen-bond acceptors (Lipinski definition) is 5. The Morgan fingerprint density at radius 1 is 0.941 bits per heavy atom. The summed E-state index contributed by atoms with van der Waals surface area (Å²) < 4.78 is 5.37. The summed E-state index contributed by atoms with van der Waals surface area (Å²) in [7, 11) is 0. The number of hydrogen-bond donors (Lipinski definition) is 3. The fourth-order valence-electron chi connectivity index (χ4n) is 3.50. The Labute approximate surface area is 204 Å². The average molecular weight is 478 g/mol. The van der Waals surface area contributed by atoms with Crippen molar-refractivity contribution >= 4 is 17.9 Å². The van der Waals surface area contributed by atoms with E-state index in [9.17, 15) is 19.5 Å². The van der Waals surface area contributed by atoms with Gasteiger partial charge in [-0.25, -0.2) is 4.79 Å². The number of nitrogens with zero attached hydrogens (tertiary/aromatic N) is 1. The molecule has 0 aromatic heterocycles. The zero-order valence-electron chi connectivity index (χ0n) is 22.6. The Balaban J connectivity index is 3.60. The number of alkyl carbamates (subject to hydrolysis) is 1. The molecule has 1 aromatic carbocycles. The molecule has 1 rings (SSSR count). The second-order valence-electron chi connectivity index (χ2n) is 11.9. The van der Waals surface area contributed by atoms with Gasteiger partial charge in [0, 0.05) is 16.6 Å². The minimum atomic E-state index is -1.13. The van der Waals surface area contributed by atoms with E-state index in [0.717, 1.165) is 0 Å². The molecule has 0 aliphatic heterocycles. The summed E-state index contributed by atoms with van der Waals surface area (Å²) in [6.07, 6.45) is -0.716. The number of amides is 3. The summed E-state index contributed by atoms with van der Waals surface area (Å²) in [6, 6.07) is 4.38. The second-order valence-corrected chi connectivity index (χ2v) is 11.9. The first-order valence-corrected chi connectivity index (χ1v) is 11.7. The third kappa shape index (κ3) is 8.54. The molecule has 3 amide bonds. The normalized spacial score (nSPS) is 14.2. The Morgan fingerprint density at radius 3 is 1.88 bits per heavy atom. The highest BCUT2D eigenvalue weighted by atomic mass is 16.6. The third-order valence-electron chi connectivity index (χ3n) is 4.80. The van der Waals surface area contributed by atoms with Gasteiger partial charge in [0.2, 0.25) is 11.8 Å². The van der Waals surface area contributed by atoms with E-state index in [1.807, 2.05) is 55.4 Å². The molecule has 0 saturated carbocycles. The Bertz CT molecular complexity index is 876. The quantitative estimate of drug-likeness (QED) is 0.558. The second kappa shape index (κ2) is 10.7. The molecule has 192 valence electrons. The molecule has 2 unspecified atom stereocenters. The lowest BCUT2D eigenvalue weighted by molar-refractivity contribution is -0.149. The summed E-state index contributed by atoms with van der Waals surface area (Å²) in [6.45, 7) is 19.8. The molecule has 0 heterocycles. The van der Waals surface area contributed by atoms with E-state index in [2.05, 4.69) is 10.6 Å². The largest absolute Gasteiger partial charge is 0.508 e. The molecule has 0 aliphatic rings. The van der Waals surface area contributed by atoms with Gasteiger partial charge in [-0.3, -0.25) is 9.59 Å². The molecule has 0 saturated heterocycles. The SMILES string of the molecule is CC(C)C(NC(=O)OC(C)(C)C)C(=O)N(C(C(=O)NC(C)(C)C)c1ccccc1O)C(C)(C)C. The van der Waals surface area contributed by atoms with E-state index >= 15 is 0 Å². The van der Waals surface area contributed by atoms with Crippen LogP contribution in [0.15, 0.2) is 24.3 Å². The van der Waals surface area contributed by atoms with Crippen molar-refractivity contribution in [3.8, 4) is 5.75 Å². The zero-order chi connectivity index (χ0) is 26.6. The lowest BCUT2D eigenvalue weighted by atomic mass is 9.92. The van der Waals surface area contributed by atoms with Gasteiger partial charge in [0.15, 0.2) is 0 Å². The molecule has 34 heavy (non-hydrogen) atoms. The first-order chi connectivity index (χ1) is 15.2. The molecule has 8 nitrogen and oxygen atoms in total. The van der Waals surface area contributed by atoms with Crippen molar-refractivity contribution in [2.24, 2.45) is 5.92 Å². The molecule has 0 aliphatic carbocycles. The molecular weight excluding hydrogens is 434 g/mol. The molecule has 0 radical (unpaired) electrons. The van der Waals surface area contributed by atoms with E-state index in [-0.39, 0.29) is 11.7 Å². The molecule has 2 atom stereocenters. The summed E-state index contributed by atoms with van der Waals surface area (Å²) in [5, 5.41) is 16.3. The number of nitrogens with one attached hydrogen (secondary N) is 2. The number of phenols is 1. The van der Waals surface area contributed by atoms with Crippen molar-refractivity contribution in [1.82, 2.24) is 15.5 Å². The van der Waals surface area contributed by atoms with Crippen LogP contribution in [-0.4, -0.2) is 50.6 Å². The molecule has 1 aromatic rings. The van der Waals surface area contributed by atoms with Crippen molar-refractivity contribution in [2.75, 3.05) is 0 Å². The van der Waals surface area contributed by atoms with Crippen LogP contribution >= 0.6 is 0 Å². The topological polar surface area (TPSA) is 108 Å². The molecule has 8 heteroatoms. The van der Waals surface area contributed by atoms with Gasteiger partial charge < -0.3 is 25.4 Å². The van der Waals surface area contributed by atoms with Crippen molar-refractivity contribution in [2.45, 2.75) is 105 Å². The number of rotatable bonds is 6. The van der Waals surface area contributed by atoms with Crippen LogP contribution in [0.5, 0.6) is 5.75 Å². The van der Waals surface area contributed by atoms with Crippen molar-refractivity contribution in [3.05, 3.63) is 29.8 Å². The molecule has 0 spiro atoms. The Hall–Kier alpha value is -2.77. The van der Waals surface area contributed by atoms with Gasteiger partial charge in [0.05, 0.1) is 0 Å². The van der Waals surface area contributed by atoms with E-state index in [1.54, 1.807) is 39.0 Å². The number of ether oxygens (including phenoxy) is 1. The summed E-state index contributed by atoms with van der Waals surface area (Å²) >= 11 is 0. The van der Waals surface area contributed by atoms with Gasteiger partial charge in [-0.05, 0) is 74.3 Å². The smallest absolute Gasteiger partial charge is 0.408 e. The zero-order valence-corrected chi connectivity index (χ0v) is 22.6. The van der Waals surface area contributed by atoms with Crippen LogP contribution in [-0.2, 0) is 14.3 Å². The van der Waals surface area contributed by atoms with Crippen LogP contribution < -0.4 is 10.6 Å². The summed E-state index contributed by atoms with van der Waals surface area (Å²) in [5.41, 5.74) is -1.84. The van der Waals surface area contributed by atoms with Gasteiger partial charge in [-0.2, -0.15) is 0 Å². The van der Waals surface area contributed by atoms with Gasteiger partial charge in [0.1, 0.15) is 23.4 Å². The van der Waals surface area contributed by atoms with Crippen LogP contribution in [0.4, 0.5) is 4.79 Å². The fourth-order valence-corrected chi connectivity index (χ4v) is 3.50. The minimum Gasteiger partial charge on any atom is -0.508 e. The average Bonchev–Trinajstić information content (AvgIpc) is 2.60. The number of benzene rings is 1. The monoisotopic (exact) mass is 477 g/mol. The molecule has 3 N–H and O–H groups in total. The maximum Gasteiger partial charge on any atom is 0.408 e. The first-order valence-electron chi connectivity index (χ1n) is 11.7. The van der Waals surface area contributed by atoms with E-state index < -0.39 is 46.7 Å². The van der Waals surface area contributed by atoms with Crippen LogP contribution in [0.25, 0.3) is 0 Å². The maximum absolute atomic E-state index is 14.0. The highest BCUT2D eigenvalue weighted by Crippen LogP contribution is 2.35.